The van der Waals surface area contributed by atoms with Crippen LogP contribution in [-0.4, -0.2) is 50.8 Å². The molecule has 0 spiro atoms. The minimum Gasteiger partial charge on any atom is -0.352 e. The number of piperidine rings is 1. The summed E-state index contributed by atoms with van der Waals surface area (Å²) in [5.41, 5.74) is 2.67. The maximum absolute atomic E-state index is 12.6. The van der Waals surface area contributed by atoms with Crippen LogP contribution < -0.4 is 5.32 Å². The molecule has 29 heavy (non-hydrogen) atoms. The summed E-state index contributed by atoms with van der Waals surface area (Å²) in [5, 5.41) is 2.98. The highest BCUT2D eigenvalue weighted by molar-refractivity contribution is 6.04. The molecule has 3 rings (SSSR count). The van der Waals surface area contributed by atoms with Gasteiger partial charge in [0, 0.05) is 25.3 Å². The number of likely N-dealkylation sites (tertiary alicyclic amines) is 1. The van der Waals surface area contributed by atoms with Gasteiger partial charge in [-0.05, 0) is 44.1 Å². The van der Waals surface area contributed by atoms with Crippen molar-refractivity contribution in [2.75, 3.05) is 13.1 Å². The van der Waals surface area contributed by atoms with Gasteiger partial charge in [-0.25, -0.2) is 9.97 Å². The lowest BCUT2D eigenvalue weighted by Gasteiger charge is -2.37. The van der Waals surface area contributed by atoms with Crippen LogP contribution in [-0.2, 0) is 11.2 Å². The molecule has 1 aliphatic heterocycles. The Morgan fingerprint density at radius 3 is 2.97 bits per heavy atom. The first-order valence-electron chi connectivity index (χ1n) is 10.5. The molecule has 2 aromatic rings. The fourth-order valence-corrected chi connectivity index (χ4v) is 3.90. The normalized spacial score (nSPS) is 20.4. The van der Waals surface area contributed by atoms with E-state index in [-0.39, 0.29) is 17.9 Å². The summed E-state index contributed by atoms with van der Waals surface area (Å²) in [6, 6.07) is 0.185. The van der Waals surface area contributed by atoms with Crippen molar-refractivity contribution in [3.8, 4) is 0 Å². The fraction of sp³-hybridized carbons (Fsp3) is 0.545. The van der Waals surface area contributed by atoms with Crippen molar-refractivity contribution in [1.82, 2.24) is 25.2 Å². The van der Waals surface area contributed by atoms with Crippen LogP contribution in [0.4, 0.5) is 0 Å². The van der Waals surface area contributed by atoms with Gasteiger partial charge in [-0.2, -0.15) is 0 Å². The van der Waals surface area contributed by atoms with Crippen LogP contribution in [0, 0.1) is 11.8 Å². The van der Waals surface area contributed by atoms with Crippen molar-refractivity contribution in [2.24, 2.45) is 11.8 Å². The fourth-order valence-electron chi connectivity index (χ4n) is 3.90. The lowest BCUT2D eigenvalue weighted by atomic mass is 9.88. The van der Waals surface area contributed by atoms with Gasteiger partial charge >= 0.3 is 0 Å². The molecule has 1 saturated heterocycles. The minimum atomic E-state index is -0.118. The first-order chi connectivity index (χ1) is 13.9. The van der Waals surface area contributed by atoms with E-state index in [0.717, 1.165) is 37.9 Å². The predicted molar refractivity (Wildman–Crippen MR) is 113 cm³/mol. The van der Waals surface area contributed by atoms with Crippen LogP contribution in [0.1, 0.15) is 56.1 Å². The van der Waals surface area contributed by atoms with Gasteiger partial charge in [-0.3, -0.25) is 9.59 Å². The number of nitrogens with zero attached hydrogens (tertiary/aromatic N) is 3. The van der Waals surface area contributed by atoms with Crippen molar-refractivity contribution in [3.63, 3.8) is 0 Å². The number of rotatable bonds is 7. The molecule has 7 heteroatoms. The van der Waals surface area contributed by atoms with Gasteiger partial charge < -0.3 is 15.2 Å². The molecule has 0 radical (unpaired) electrons. The number of nitrogens with one attached hydrogen (secondary N) is 2. The predicted octanol–water partition coefficient (Wildman–Crippen LogP) is 3.09. The Morgan fingerprint density at radius 1 is 1.48 bits per heavy atom. The van der Waals surface area contributed by atoms with E-state index in [1.54, 1.807) is 12.4 Å². The molecule has 0 saturated carbocycles. The van der Waals surface area contributed by atoms with E-state index < -0.39 is 0 Å². The molecule has 2 N–H and O–H groups in total. The SMILES string of the molecule is C=CC(=O)N1CCC(Cc2cnc3[nH]cc(C(=O)NC[C@H](C)CC)c3n2)CC1C. The Kier molecular flexibility index (Phi) is 6.67. The third-order valence-electron chi connectivity index (χ3n) is 5.92. The van der Waals surface area contributed by atoms with Gasteiger partial charge in [0.25, 0.3) is 5.91 Å². The van der Waals surface area contributed by atoms with Crippen molar-refractivity contribution in [2.45, 2.75) is 52.5 Å². The molecule has 1 aliphatic rings. The highest BCUT2D eigenvalue weighted by atomic mass is 16.2. The maximum Gasteiger partial charge on any atom is 0.255 e. The number of fused-ring (bicyclic) bond motifs is 1. The minimum absolute atomic E-state index is 0.00229. The van der Waals surface area contributed by atoms with Crippen molar-refractivity contribution >= 4 is 23.0 Å². The van der Waals surface area contributed by atoms with Gasteiger partial charge in [0.2, 0.25) is 5.91 Å². The molecule has 156 valence electrons. The Hall–Kier alpha value is -2.70. The Labute approximate surface area is 172 Å². The zero-order valence-electron chi connectivity index (χ0n) is 17.6. The molecule has 0 bridgehead atoms. The number of H-pyrrole nitrogens is 1. The lowest BCUT2D eigenvalue weighted by Crippen LogP contribution is -2.44. The van der Waals surface area contributed by atoms with Gasteiger partial charge in [0.1, 0.15) is 5.52 Å². The molecular weight excluding hydrogens is 366 g/mol. The summed E-state index contributed by atoms with van der Waals surface area (Å²) >= 11 is 0. The first kappa shape index (κ1) is 21.0. The van der Waals surface area contributed by atoms with Gasteiger partial charge in [0.05, 0.1) is 17.5 Å². The molecule has 3 heterocycles. The average molecular weight is 398 g/mol. The van der Waals surface area contributed by atoms with Crippen LogP contribution in [0.3, 0.4) is 0 Å². The second-order valence-corrected chi connectivity index (χ2v) is 8.16. The number of amides is 2. The van der Waals surface area contributed by atoms with Crippen LogP contribution >= 0.6 is 0 Å². The molecule has 2 aromatic heterocycles. The van der Waals surface area contributed by atoms with Crippen LogP contribution in [0.25, 0.3) is 11.2 Å². The molecule has 7 nitrogen and oxygen atoms in total. The quantitative estimate of drug-likeness (QED) is 0.703. The van der Waals surface area contributed by atoms with Gasteiger partial charge in [-0.15, -0.1) is 0 Å². The maximum atomic E-state index is 12.6. The van der Waals surface area contributed by atoms with Crippen LogP contribution in [0.2, 0.25) is 0 Å². The Morgan fingerprint density at radius 2 is 2.28 bits per heavy atom. The summed E-state index contributed by atoms with van der Waals surface area (Å²) in [4.78, 5) is 38.6. The number of aromatic amines is 1. The molecule has 2 unspecified atom stereocenters. The van der Waals surface area contributed by atoms with E-state index in [1.807, 2.05) is 4.90 Å². The van der Waals surface area contributed by atoms with E-state index >= 15 is 0 Å². The lowest BCUT2D eigenvalue weighted by molar-refractivity contribution is -0.129. The summed E-state index contributed by atoms with van der Waals surface area (Å²) in [6.45, 7) is 11.3. The van der Waals surface area contributed by atoms with E-state index in [1.165, 1.54) is 6.08 Å². The smallest absolute Gasteiger partial charge is 0.255 e. The van der Waals surface area contributed by atoms with Crippen LogP contribution in [0.15, 0.2) is 25.0 Å². The van der Waals surface area contributed by atoms with Crippen LogP contribution in [0.5, 0.6) is 0 Å². The van der Waals surface area contributed by atoms with Crippen molar-refractivity contribution < 1.29 is 9.59 Å². The second-order valence-electron chi connectivity index (χ2n) is 8.16. The average Bonchev–Trinajstić information content (AvgIpc) is 3.14. The Balaban J connectivity index is 1.69. The third kappa shape index (κ3) is 4.83. The highest BCUT2D eigenvalue weighted by Crippen LogP contribution is 2.26. The zero-order valence-corrected chi connectivity index (χ0v) is 17.6. The number of aromatic nitrogens is 3. The second kappa shape index (κ2) is 9.20. The van der Waals surface area contributed by atoms with E-state index in [9.17, 15) is 9.59 Å². The summed E-state index contributed by atoms with van der Waals surface area (Å²) in [5.74, 6) is 0.754. The first-order valence-corrected chi connectivity index (χ1v) is 10.5. The molecule has 0 aliphatic carbocycles. The van der Waals surface area contributed by atoms with E-state index in [4.69, 9.17) is 4.98 Å². The van der Waals surface area contributed by atoms with Gasteiger partial charge in [0.15, 0.2) is 5.65 Å². The van der Waals surface area contributed by atoms with E-state index in [2.05, 4.69) is 42.6 Å². The largest absolute Gasteiger partial charge is 0.352 e. The van der Waals surface area contributed by atoms with Gasteiger partial charge in [-0.1, -0.05) is 26.8 Å². The van der Waals surface area contributed by atoms with Crippen molar-refractivity contribution in [3.05, 3.63) is 36.3 Å². The summed E-state index contributed by atoms with van der Waals surface area (Å²) in [6.07, 6.45) is 8.52. The summed E-state index contributed by atoms with van der Waals surface area (Å²) < 4.78 is 0. The Bertz CT molecular complexity index is 890. The standard InChI is InChI=1S/C22H31N5O2/c1-5-14(3)11-25-22(29)18-13-24-21-20(18)26-17(12-23-21)10-16-7-8-27(15(4)9-16)19(28)6-2/h6,12-16H,2,5,7-11H2,1,3-4H3,(H,23,24)(H,25,29)/t14-,15?,16?/m1/s1. The summed E-state index contributed by atoms with van der Waals surface area (Å²) in [7, 11) is 0. The zero-order chi connectivity index (χ0) is 21.0. The number of hydrogen-bond acceptors (Lipinski definition) is 4. The molecular formula is C22H31N5O2. The van der Waals surface area contributed by atoms with Crippen molar-refractivity contribution in [1.29, 1.82) is 0 Å². The number of hydrogen-bond donors (Lipinski definition) is 2. The third-order valence-corrected chi connectivity index (χ3v) is 5.92. The highest BCUT2D eigenvalue weighted by Gasteiger charge is 2.28. The molecule has 2 amide bonds. The molecule has 1 fully saturated rings. The molecule has 0 aromatic carbocycles. The topological polar surface area (TPSA) is 91.0 Å². The van der Waals surface area contributed by atoms with E-state index in [0.29, 0.717) is 35.1 Å². The number of carbonyl (C=O) groups excluding carboxylic acids is 2. The molecule has 3 atom stereocenters. The monoisotopic (exact) mass is 397 g/mol. The number of carbonyl (C=O) groups is 2.